The SMILES string of the molecule is Cc1cc(Br)c(NC(=O)Cn2nnc(-c3ccc(F)c(C)c3)n2)c(Br)c1. The molecular weight excluding hydrogens is 469 g/mol. The first-order chi connectivity index (χ1) is 12.3. The monoisotopic (exact) mass is 481 g/mol. The van der Waals surface area contributed by atoms with Gasteiger partial charge in [-0.25, -0.2) is 4.39 Å². The van der Waals surface area contributed by atoms with E-state index in [1.165, 1.54) is 10.9 Å². The molecule has 134 valence electrons. The number of carbonyl (C=O) groups is 1. The number of anilines is 1. The molecule has 3 aromatic rings. The molecule has 0 saturated carbocycles. The van der Waals surface area contributed by atoms with Gasteiger partial charge in [-0.1, -0.05) is 0 Å². The first-order valence-corrected chi connectivity index (χ1v) is 9.22. The largest absolute Gasteiger partial charge is 0.322 e. The van der Waals surface area contributed by atoms with Crippen LogP contribution in [0.1, 0.15) is 11.1 Å². The Morgan fingerprint density at radius 1 is 1.19 bits per heavy atom. The van der Waals surface area contributed by atoms with Crippen LogP contribution in [0.4, 0.5) is 10.1 Å². The third-order valence-electron chi connectivity index (χ3n) is 3.60. The lowest BCUT2D eigenvalue weighted by molar-refractivity contribution is -0.117. The minimum atomic E-state index is -0.297. The molecule has 1 aromatic heterocycles. The molecule has 9 heteroatoms. The van der Waals surface area contributed by atoms with E-state index >= 15 is 0 Å². The molecule has 0 radical (unpaired) electrons. The van der Waals surface area contributed by atoms with Crippen LogP contribution >= 0.6 is 31.9 Å². The second-order valence-corrected chi connectivity index (χ2v) is 7.47. The fourth-order valence-electron chi connectivity index (χ4n) is 2.34. The van der Waals surface area contributed by atoms with Crippen molar-refractivity contribution in [2.75, 3.05) is 5.32 Å². The van der Waals surface area contributed by atoms with Gasteiger partial charge in [-0.3, -0.25) is 4.79 Å². The molecule has 0 unspecified atom stereocenters. The summed E-state index contributed by atoms with van der Waals surface area (Å²) in [6, 6.07) is 8.37. The number of carbonyl (C=O) groups excluding carboxylic acids is 1. The van der Waals surface area contributed by atoms with E-state index in [1.54, 1.807) is 19.1 Å². The van der Waals surface area contributed by atoms with Gasteiger partial charge in [-0.2, -0.15) is 4.80 Å². The number of halogens is 3. The van der Waals surface area contributed by atoms with E-state index < -0.39 is 0 Å². The Bertz CT molecular complexity index is 966. The van der Waals surface area contributed by atoms with Crippen molar-refractivity contribution in [1.82, 2.24) is 20.2 Å². The molecule has 0 saturated heterocycles. The number of hydrogen-bond acceptors (Lipinski definition) is 4. The molecule has 0 aliphatic heterocycles. The molecule has 26 heavy (non-hydrogen) atoms. The van der Waals surface area contributed by atoms with Gasteiger partial charge >= 0.3 is 0 Å². The van der Waals surface area contributed by atoms with E-state index in [0.717, 1.165) is 14.5 Å². The van der Waals surface area contributed by atoms with Crippen LogP contribution in [-0.4, -0.2) is 26.1 Å². The molecule has 0 aliphatic rings. The van der Waals surface area contributed by atoms with Gasteiger partial charge in [0.2, 0.25) is 11.7 Å². The average Bonchev–Trinajstić information content (AvgIpc) is 3.02. The molecule has 0 aliphatic carbocycles. The zero-order valence-corrected chi connectivity index (χ0v) is 17.1. The second-order valence-electron chi connectivity index (χ2n) is 5.76. The molecule has 0 bridgehead atoms. The maximum absolute atomic E-state index is 13.4. The van der Waals surface area contributed by atoms with Gasteiger partial charge in [0, 0.05) is 14.5 Å². The summed E-state index contributed by atoms with van der Waals surface area (Å²) in [6.07, 6.45) is 0. The van der Waals surface area contributed by atoms with Crippen LogP contribution < -0.4 is 5.32 Å². The predicted molar refractivity (Wildman–Crippen MR) is 103 cm³/mol. The van der Waals surface area contributed by atoms with Crippen LogP contribution in [-0.2, 0) is 11.3 Å². The van der Waals surface area contributed by atoms with Crippen LogP contribution in [0.5, 0.6) is 0 Å². The maximum Gasteiger partial charge on any atom is 0.248 e. The third-order valence-corrected chi connectivity index (χ3v) is 4.86. The van der Waals surface area contributed by atoms with E-state index in [2.05, 4.69) is 52.6 Å². The van der Waals surface area contributed by atoms with E-state index in [9.17, 15) is 9.18 Å². The Morgan fingerprint density at radius 2 is 1.88 bits per heavy atom. The number of nitrogens with zero attached hydrogens (tertiary/aromatic N) is 4. The number of benzene rings is 2. The first-order valence-electron chi connectivity index (χ1n) is 7.63. The summed E-state index contributed by atoms with van der Waals surface area (Å²) < 4.78 is 14.9. The number of tetrazole rings is 1. The van der Waals surface area contributed by atoms with E-state index in [4.69, 9.17) is 0 Å². The van der Waals surface area contributed by atoms with Crippen molar-refractivity contribution in [3.8, 4) is 11.4 Å². The van der Waals surface area contributed by atoms with Crippen LogP contribution in [0.25, 0.3) is 11.4 Å². The standard InChI is InChI=1S/C17H14Br2FN5O/c1-9-5-12(18)16(13(19)6-9)21-15(26)8-25-23-17(22-24-25)11-3-4-14(20)10(2)7-11/h3-7H,8H2,1-2H3,(H,21,26). The fraction of sp³-hybridized carbons (Fsp3) is 0.176. The molecule has 1 N–H and O–H groups in total. The van der Waals surface area contributed by atoms with Gasteiger partial charge in [0.1, 0.15) is 12.4 Å². The van der Waals surface area contributed by atoms with Gasteiger partial charge < -0.3 is 5.32 Å². The van der Waals surface area contributed by atoms with E-state index in [-0.39, 0.29) is 18.3 Å². The third kappa shape index (κ3) is 4.16. The zero-order valence-electron chi connectivity index (χ0n) is 13.9. The minimum absolute atomic E-state index is 0.0973. The topological polar surface area (TPSA) is 72.7 Å². The number of rotatable bonds is 4. The highest BCUT2D eigenvalue weighted by Gasteiger charge is 2.13. The summed E-state index contributed by atoms with van der Waals surface area (Å²) in [5.74, 6) is -0.261. The molecule has 6 nitrogen and oxygen atoms in total. The van der Waals surface area contributed by atoms with Crippen molar-refractivity contribution in [1.29, 1.82) is 0 Å². The highest BCUT2D eigenvalue weighted by molar-refractivity contribution is 9.11. The van der Waals surface area contributed by atoms with Crippen molar-refractivity contribution in [2.24, 2.45) is 0 Å². The Hall–Kier alpha value is -2.13. The molecule has 3 rings (SSSR count). The van der Waals surface area contributed by atoms with E-state index in [1.807, 2.05) is 19.1 Å². The van der Waals surface area contributed by atoms with E-state index in [0.29, 0.717) is 22.6 Å². The Kier molecular flexibility index (Phi) is 5.47. The van der Waals surface area contributed by atoms with Gasteiger partial charge in [0.25, 0.3) is 0 Å². The van der Waals surface area contributed by atoms with Crippen molar-refractivity contribution < 1.29 is 9.18 Å². The lowest BCUT2D eigenvalue weighted by Crippen LogP contribution is -2.21. The van der Waals surface area contributed by atoms with Gasteiger partial charge in [-0.15, -0.1) is 10.2 Å². The Morgan fingerprint density at radius 3 is 2.54 bits per heavy atom. The molecule has 1 amide bonds. The summed E-state index contributed by atoms with van der Waals surface area (Å²) in [5.41, 5.74) is 2.82. The van der Waals surface area contributed by atoms with Gasteiger partial charge in [0.05, 0.1) is 5.69 Å². The summed E-state index contributed by atoms with van der Waals surface area (Å²) >= 11 is 6.87. The highest BCUT2D eigenvalue weighted by atomic mass is 79.9. The van der Waals surface area contributed by atoms with Crippen LogP contribution in [0.3, 0.4) is 0 Å². The van der Waals surface area contributed by atoms with Crippen LogP contribution in [0.2, 0.25) is 0 Å². The molecule has 0 atom stereocenters. The van der Waals surface area contributed by atoms with Crippen LogP contribution in [0, 0.1) is 19.7 Å². The van der Waals surface area contributed by atoms with Crippen molar-refractivity contribution in [2.45, 2.75) is 20.4 Å². The number of hydrogen-bond donors (Lipinski definition) is 1. The molecule has 0 spiro atoms. The molecule has 2 aromatic carbocycles. The normalized spacial score (nSPS) is 10.8. The lowest BCUT2D eigenvalue weighted by Gasteiger charge is -2.10. The number of amides is 1. The summed E-state index contributed by atoms with van der Waals surface area (Å²) in [6.45, 7) is 3.52. The van der Waals surface area contributed by atoms with Crippen molar-refractivity contribution in [3.05, 3.63) is 56.2 Å². The van der Waals surface area contributed by atoms with Crippen LogP contribution in [0.15, 0.2) is 39.3 Å². The zero-order chi connectivity index (χ0) is 18.8. The Balaban J connectivity index is 1.73. The van der Waals surface area contributed by atoms with Crippen molar-refractivity contribution >= 4 is 43.5 Å². The lowest BCUT2D eigenvalue weighted by atomic mass is 10.1. The summed E-state index contributed by atoms with van der Waals surface area (Å²) in [5, 5.41) is 14.8. The molecule has 1 heterocycles. The number of aryl methyl sites for hydroxylation is 2. The number of aromatic nitrogens is 4. The summed E-state index contributed by atoms with van der Waals surface area (Å²) in [7, 11) is 0. The average molecular weight is 483 g/mol. The molecule has 0 fully saturated rings. The van der Waals surface area contributed by atoms with Gasteiger partial charge in [0.15, 0.2) is 0 Å². The summed E-state index contributed by atoms with van der Waals surface area (Å²) in [4.78, 5) is 13.5. The highest BCUT2D eigenvalue weighted by Crippen LogP contribution is 2.32. The van der Waals surface area contributed by atoms with Gasteiger partial charge in [-0.05, 0) is 92.4 Å². The predicted octanol–water partition coefficient (Wildman–Crippen LogP) is 4.26. The second kappa shape index (κ2) is 7.63. The maximum atomic E-state index is 13.4. The minimum Gasteiger partial charge on any atom is -0.322 e. The van der Waals surface area contributed by atoms with Crippen molar-refractivity contribution in [3.63, 3.8) is 0 Å². The Labute approximate surface area is 166 Å². The molecular formula is C17H14Br2FN5O. The quantitative estimate of drug-likeness (QED) is 0.603. The smallest absolute Gasteiger partial charge is 0.248 e. The number of nitrogens with one attached hydrogen (secondary N) is 1. The fourth-order valence-corrected chi connectivity index (χ4v) is 3.95. The first kappa shape index (κ1) is 18.7.